The molecule has 0 bridgehead atoms. The summed E-state index contributed by atoms with van der Waals surface area (Å²) in [5, 5.41) is 0. The lowest BCUT2D eigenvalue weighted by molar-refractivity contribution is -0.256. The van der Waals surface area contributed by atoms with E-state index in [1.165, 1.54) is 0 Å². The number of amides is 1. The Morgan fingerprint density at radius 3 is 2.43 bits per heavy atom. The number of hydrogen-bond acceptors (Lipinski definition) is 4. The van der Waals surface area contributed by atoms with Crippen LogP contribution in [0.25, 0.3) is 0 Å². The minimum absolute atomic E-state index is 0.129. The molecule has 1 amide bonds. The van der Waals surface area contributed by atoms with Crippen LogP contribution in [0.5, 0.6) is 5.75 Å². The summed E-state index contributed by atoms with van der Waals surface area (Å²) in [6.07, 6.45) is 0.927. The van der Waals surface area contributed by atoms with Crippen molar-refractivity contribution >= 4 is 11.6 Å². The fraction of sp³-hybridized carbons (Fsp3) is 0.435. The predicted octanol–water partition coefficient (Wildman–Crippen LogP) is 4.23. The molecule has 28 heavy (non-hydrogen) atoms. The lowest BCUT2D eigenvalue weighted by Crippen LogP contribution is -2.47. The maximum absolute atomic E-state index is 13.5. The molecule has 0 unspecified atom stereocenters. The van der Waals surface area contributed by atoms with Crippen LogP contribution < -0.4 is 9.64 Å². The van der Waals surface area contributed by atoms with Gasteiger partial charge in [-0.05, 0) is 63.4 Å². The van der Waals surface area contributed by atoms with Crippen molar-refractivity contribution in [1.29, 1.82) is 0 Å². The summed E-state index contributed by atoms with van der Waals surface area (Å²) in [6, 6.07) is 12.0. The number of rotatable bonds is 4. The van der Waals surface area contributed by atoms with Crippen molar-refractivity contribution < 1.29 is 19.0 Å². The fourth-order valence-corrected chi connectivity index (χ4v) is 4.05. The van der Waals surface area contributed by atoms with Gasteiger partial charge in [0, 0.05) is 5.56 Å². The molecule has 4 rings (SSSR count). The van der Waals surface area contributed by atoms with Gasteiger partial charge in [-0.2, -0.15) is 0 Å². The number of anilines is 1. The molecule has 0 aromatic heterocycles. The summed E-state index contributed by atoms with van der Waals surface area (Å²) >= 11 is 0. The normalized spacial score (nSPS) is 18.0. The van der Waals surface area contributed by atoms with E-state index in [1.807, 2.05) is 58.0 Å². The van der Waals surface area contributed by atoms with Crippen molar-refractivity contribution in [1.82, 2.24) is 0 Å². The Balaban J connectivity index is 1.69. The summed E-state index contributed by atoms with van der Waals surface area (Å²) in [4.78, 5) is 15.3. The molecule has 0 saturated carbocycles. The Bertz CT molecular complexity index is 882. The number of fused-ring (bicyclic) bond motifs is 2. The molecular weight excluding hydrogens is 354 g/mol. The highest BCUT2D eigenvalue weighted by Gasteiger charge is 2.55. The summed E-state index contributed by atoms with van der Waals surface area (Å²) in [6.45, 7) is 9.58. The third-order valence-corrected chi connectivity index (χ3v) is 5.13. The van der Waals surface area contributed by atoms with Crippen molar-refractivity contribution in [3.05, 3.63) is 58.7 Å². The third kappa shape index (κ3) is 3.19. The molecule has 2 aliphatic rings. The third-order valence-electron chi connectivity index (χ3n) is 5.13. The molecule has 2 aromatic carbocycles. The number of ether oxygens (including phenoxy) is 3. The number of carbonyl (C=O) groups excluding carboxylic acids is 1. The van der Waals surface area contributed by atoms with E-state index in [9.17, 15) is 4.79 Å². The molecule has 148 valence electrons. The number of hydrogen-bond donors (Lipinski definition) is 0. The summed E-state index contributed by atoms with van der Waals surface area (Å²) in [5.41, 5.74) is 4.91. The molecule has 1 fully saturated rings. The molecule has 1 spiro atoms. The van der Waals surface area contributed by atoms with Crippen LogP contribution in [0.1, 0.15) is 42.5 Å². The quantitative estimate of drug-likeness (QED) is 0.795. The average molecular weight is 381 g/mol. The van der Waals surface area contributed by atoms with Crippen LogP contribution in [0, 0.1) is 13.8 Å². The lowest BCUT2D eigenvalue weighted by Gasteiger charge is -2.32. The first-order chi connectivity index (χ1) is 13.4. The largest absolute Gasteiger partial charge is 0.491 e. The highest BCUT2D eigenvalue weighted by Crippen LogP contribution is 2.47. The van der Waals surface area contributed by atoms with E-state index in [-0.39, 0.29) is 12.0 Å². The van der Waals surface area contributed by atoms with E-state index in [0.29, 0.717) is 19.8 Å². The van der Waals surface area contributed by atoms with Crippen molar-refractivity contribution in [2.45, 2.75) is 52.6 Å². The molecule has 1 saturated heterocycles. The summed E-state index contributed by atoms with van der Waals surface area (Å²) in [7, 11) is 0. The second kappa shape index (κ2) is 7.22. The fourth-order valence-electron chi connectivity index (χ4n) is 4.05. The summed E-state index contributed by atoms with van der Waals surface area (Å²) < 4.78 is 17.7. The van der Waals surface area contributed by atoms with Gasteiger partial charge in [-0.3, -0.25) is 4.79 Å². The molecule has 0 atom stereocenters. The van der Waals surface area contributed by atoms with Gasteiger partial charge in [-0.25, -0.2) is 0 Å². The Hall–Kier alpha value is -2.37. The van der Waals surface area contributed by atoms with Crippen LogP contribution in [0.2, 0.25) is 0 Å². The number of nitrogens with zero attached hydrogens (tertiary/aromatic N) is 1. The van der Waals surface area contributed by atoms with E-state index in [0.717, 1.165) is 40.1 Å². The molecular formula is C23H27NO4. The van der Waals surface area contributed by atoms with Crippen LogP contribution in [0.4, 0.5) is 5.69 Å². The van der Waals surface area contributed by atoms with Crippen molar-refractivity contribution in [3.63, 3.8) is 0 Å². The van der Waals surface area contributed by atoms with Crippen LogP contribution in [-0.4, -0.2) is 25.2 Å². The maximum Gasteiger partial charge on any atom is 0.292 e. The van der Waals surface area contributed by atoms with Crippen molar-refractivity contribution in [3.8, 4) is 5.75 Å². The molecule has 5 heteroatoms. The van der Waals surface area contributed by atoms with Crippen LogP contribution >= 0.6 is 0 Å². The van der Waals surface area contributed by atoms with Gasteiger partial charge >= 0.3 is 0 Å². The molecule has 2 heterocycles. The first-order valence-corrected chi connectivity index (χ1v) is 9.88. The van der Waals surface area contributed by atoms with Gasteiger partial charge in [0.1, 0.15) is 5.75 Å². The zero-order valence-corrected chi connectivity index (χ0v) is 17.0. The predicted molar refractivity (Wildman–Crippen MR) is 108 cm³/mol. The topological polar surface area (TPSA) is 48.0 Å². The van der Waals surface area contributed by atoms with Gasteiger partial charge in [-0.1, -0.05) is 23.8 Å². The number of benzene rings is 2. The Labute approximate surface area is 166 Å². The zero-order valence-electron chi connectivity index (χ0n) is 17.0. The maximum atomic E-state index is 13.5. The molecule has 0 radical (unpaired) electrons. The second-order valence-electron chi connectivity index (χ2n) is 7.85. The monoisotopic (exact) mass is 381 g/mol. The molecule has 2 aromatic rings. The summed E-state index contributed by atoms with van der Waals surface area (Å²) in [5.74, 6) is -0.613. The van der Waals surface area contributed by atoms with Gasteiger partial charge in [0.15, 0.2) is 0 Å². The molecule has 2 aliphatic heterocycles. The van der Waals surface area contributed by atoms with E-state index >= 15 is 0 Å². The van der Waals surface area contributed by atoms with E-state index in [4.69, 9.17) is 14.2 Å². The highest BCUT2D eigenvalue weighted by atomic mass is 16.7. The molecule has 0 N–H and O–H groups in total. The van der Waals surface area contributed by atoms with Crippen LogP contribution in [0.3, 0.4) is 0 Å². The molecule has 5 nitrogen and oxygen atoms in total. The van der Waals surface area contributed by atoms with Gasteiger partial charge in [0.2, 0.25) is 0 Å². The Morgan fingerprint density at radius 2 is 1.79 bits per heavy atom. The Morgan fingerprint density at radius 1 is 1.11 bits per heavy atom. The van der Waals surface area contributed by atoms with Gasteiger partial charge in [-0.15, -0.1) is 0 Å². The van der Waals surface area contributed by atoms with Gasteiger partial charge in [0.25, 0.3) is 11.7 Å². The van der Waals surface area contributed by atoms with Crippen LogP contribution in [0.15, 0.2) is 36.4 Å². The van der Waals surface area contributed by atoms with Crippen molar-refractivity contribution in [2.24, 2.45) is 0 Å². The lowest BCUT2D eigenvalue weighted by atomic mass is 10.00. The minimum atomic E-state index is -1.30. The number of carbonyl (C=O) groups is 1. The smallest absolute Gasteiger partial charge is 0.292 e. The van der Waals surface area contributed by atoms with Gasteiger partial charge < -0.3 is 19.1 Å². The van der Waals surface area contributed by atoms with Crippen LogP contribution in [-0.2, 0) is 26.6 Å². The SMILES string of the molecule is Cc1cc(C)c2c(c1)C1(OCCCO1)C(=O)N2Cc1ccc(OC(C)C)cc1. The van der Waals surface area contributed by atoms with Gasteiger partial charge in [0.05, 0.1) is 31.5 Å². The number of aryl methyl sites for hydroxylation is 2. The standard InChI is InChI=1S/C23H27NO4/c1-15(2)28-19-8-6-18(7-9-19)14-24-21-17(4)12-16(3)13-20(21)23(22(24)25)26-10-5-11-27-23/h6-9,12-13,15H,5,10-11,14H2,1-4H3. The highest BCUT2D eigenvalue weighted by molar-refractivity contribution is 6.07. The first-order valence-electron chi connectivity index (χ1n) is 9.88. The minimum Gasteiger partial charge on any atom is -0.491 e. The van der Waals surface area contributed by atoms with E-state index in [2.05, 4.69) is 6.07 Å². The average Bonchev–Trinajstić information content (AvgIpc) is 2.86. The van der Waals surface area contributed by atoms with Crippen molar-refractivity contribution in [2.75, 3.05) is 18.1 Å². The zero-order chi connectivity index (χ0) is 19.9. The van der Waals surface area contributed by atoms with E-state index < -0.39 is 5.79 Å². The second-order valence-corrected chi connectivity index (χ2v) is 7.85. The van der Waals surface area contributed by atoms with E-state index in [1.54, 1.807) is 4.90 Å². The Kier molecular flexibility index (Phi) is 4.89. The molecule has 0 aliphatic carbocycles. The first kappa shape index (κ1) is 19.0.